The van der Waals surface area contributed by atoms with Gasteiger partial charge in [0, 0.05) is 12.0 Å². The van der Waals surface area contributed by atoms with Crippen molar-refractivity contribution in [1.29, 1.82) is 0 Å². The van der Waals surface area contributed by atoms with Crippen LogP contribution >= 0.6 is 0 Å². The maximum Gasteiger partial charge on any atom is 0.123 e. The first-order valence-electron chi connectivity index (χ1n) is 7.71. The summed E-state index contributed by atoms with van der Waals surface area (Å²) in [6, 6.07) is 14.7. The lowest BCUT2D eigenvalue weighted by Gasteiger charge is -2.12. The van der Waals surface area contributed by atoms with Crippen LogP contribution < -0.4 is 5.73 Å². The lowest BCUT2D eigenvalue weighted by atomic mass is 10.1. The summed E-state index contributed by atoms with van der Waals surface area (Å²) >= 11 is 0. The van der Waals surface area contributed by atoms with Crippen molar-refractivity contribution in [2.45, 2.75) is 20.3 Å². The second-order valence-corrected chi connectivity index (χ2v) is 5.70. The van der Waals surface area contributed by atoms with Crippen molar-refractivity contribution in [3.8, 4) is 16.9 Å². The lowest BCUT2D eigenvalue weighted by Crippen LogP contribution is -2.05. The Bertz CT molecular complexity index is 819. The van der Waals surface area contributed by atoms with E-state index >= 15 is 0 Å². The molecule has 0 saturated heterocycles. The molecule has 0 aliphatic rings. The maximum absolute atomic E-state index is 13.2. The molecule has 0 aliphatic heterocycles. The fourth-order valence-electron chi connectivity index (χ4n) is 2.68. The predicted molar refractivity (Wildman–Crippen MR) is 91.2 cm³/mol. The first kappa shape index (κ1) is 15.4. The molecule has 0 aliphatic carbocycles. The number of rotatable bonds is 4. The van der Waals surface area contributed by atoms with E-state index in [1.807, 2.05) is 16.8 Å². The molecule has 0 unspecified atom stereocenters. The zero-order chi connectivity index (χ0) is 16.4. The van der Waals surface area contributed by atoms with Crippen molar-refractivity contribution >= 4 is 0 Å². The van der Waals surface area contributed by atoms with Gasteiger partial charge in [-0.1, -0.05) is 12.1 Å². The molecule has 0 atom stereocenters. The Balaban J connectivity index is 2.18. The number of halogens is 1. The first-order valence-corrected chi connectivity index (χ1v) is 7.71. The normalized spacial score (nSPS) is 11.0. The van der Waals surface area contributed by atoms with Gasteiger partial charge in [-0.2, -0.15) is 5.10 Å². The molecule has 0 spiro atoms. The van der Waals surface area contributed by atoms with Gasteiger partial charge in [0.15, 0.2) is 0 Å². The van der Waals surface area contributed by atoms with Crippen LogP contribution in [-0.2, 0) is 6.42 Å². The molecule has 3 rings (SSSR count). The van der Waals surface area contributed by atoms with Crippen LogP contribution in [0.4, 0.5) is 4.39 Å². The van der Waals surface area contributed by atoms with Crippen LogP contribution in [-0.4, -0.2) is 16.3 Å². The van der Waals surface area contributed by atoms with Gasteiger partial charge in [-0.3, -0.25) is 0 Å². The Morgan fingerprint density at radius 1 is 1.09 bits per heavy atom. The van der Waals surface area contributed by atoms with E-state index in [4.69, 9.17) is 10.8 Å². The minimum absolute atomic E-state index is 0.242. The first-order chi connectivity index (χ1) is 11.1. The summed E-state index contributed by atoms with van der Waals surface area (Å²) in [6.45, 7) is 4.72. The molecule has 2 N–H and O–H groups in total. The molecule has 118 valence electrons. The molecule has 0 radical (unpaired) electrons. The Hall–Kier alpha value is -2.46. The van der Waals surface area contributed by atoms with E-state index in [2.05, 4.69) is 26.0 Å². The summed E-state index contributed by atoms with van der Waals surface area (Å²) in [7, 11) is 0. The Kier molecular flexibility index (Phi) is 4.26. The van der Waals surface area contributed by atoms with E-state index in [-0.39, 0.29) is 5.82 Å². The third kappa shape index (κ3) is 3.03. The molecule has 23 heavy (non-hydrogen) atoms. The van der Waals surface area contributed by atoms with Gasteiger partial charge in [0.1, 0.15) is 5.82 Å². The molecule has 1 heterocycles. The molecule has 3 nitrogen and oxygen atoms in total. The number of aromatic nitrogens is 2. The van der Waals surface area contributed by atoms with Crippen molar-refractivity contribution in [2.75, 3.05) is 6.54 Å². The highest BCUT2D eigenvalue weighted by atomic mass is 19.1. The standard InChI is InChI=1S/C19H20FN3/c1-13-4-3-5-18(14(13)2)23-19(12-17(22-23)10-11-21)15-6-8-16(20)9-7-15/h3-9,12H,10-11,21H2,1-2H3. The predicted octanol–water partition coefficient (Wildman–Crippen LogP) is 3.80. The molecule has 0 saturated carbocycles. The van der Waals surface area contributed by atoms with Crippen LogP contribution in [0.15, 0.2) is 48.5 Å². The summed E-state index contributed by atoms with van der Waals surface area (Å²) in [6.07, 6.45) is 0.714. The van der Waals surface area contributed by atoms with Crippen molar-refractivity contribution in [1.82, 2.24) is 9.78 Å². The topological polar surface area (TPSA) is 43.8 Å². The summed E-state index contributed by atoms with van der Waals surface area (Å²) in [5.41, 5.74) is 11.9. The smallest absolute Gasteiger partial charge is 0.123 e. The zero-order valence-corrected chi connectivity index (χ0v) is 13.4. The Labute approximate surface area is 135 Å². The maximum atomic E-state index is 13.2. The summed E-state index contributed by atoms with van der Waals surface area (Å²) < 4.78 is 15.2. The minimum atomic E-state index is -0.242. The van der Waals surface area contributed by atoms with E-state index in [0.29, 0.717) is 13.0 Å². The molecule has 1 aromatic heterocycles. The molecule has 0 bridgehead atoms. The molecular formula is C19H20FN3. The van der Waals surface area contributed by atoms with Gasteiger partial charge in [-0.05, 0) is 67.9 Å². The Morgan fingerprint density at radius 3 is 2.52 bits per heavy atom. The van der Waals surface area contributed by atoms with Crippen LogP contribution in [0.1, 0.15) is 16.8 Å². The van der Waals surface area contributed by atoms with Gasteiger partial charge in [0.05, 0.1) is 17.1 Å². The molecule has 0 fully saturated rings. The fraction of sp³-hybridized carbons (Fsp3) is 0.211. The van der Waals surface area contributed by atoms with Gasteiger partial charge < -0.3 is 5.73 Å². The number of hydrogen-bond donors (Lipinski definition) is 1. The largest absolute Gasteiger partial charge is 0.330 e. The highest BCUT2D eigenvalue weighted by Crippen LogP contribution is 2.27. The summed E-state index contributed by atoms with van der Waals surface area (Å²) in [5.74, 6) is -0.242. The van der Waals surface area contributed by atoms with Crippen LogP contribution in [0.3, 0.4) is 0 Å². The lowest BCUT2D eigenvalue weighted by molar-refractivity contribution is 0.628. The number of nitrogens with two attached hydrogens (primary N) is 1. The molecule has 2 aromatic carbocycles. The summed E-state index contributed by atoms with van der Waals surface area (Å²) in [5, 5.41) is 4.71. The van der Waals surface area contributed by atoms with Crippen LogP contribution in [0.25, 0.3) is 16.9 Å². The number of nitrogens with zero attached hydrogens (tertiary/aromatic N) is 2. The average molecular weight is 309 g/mol. The second-order valence-electron chi connectivity index (χ2n) is 5.70. The fourth-order valence-corrected chi connectivity index (χ4v) is 2.68. The molecule has 3 aromatic rings. The number of aryl methyl sites for hydroxylation is 1. The van der Waals surface area contributed by atoms with Crippen molar-refractivity contribution in [3.63, 3.8) is 0 Å². The second kappa shape index (κ2) is 6.34. The number of hydrogen-bond acceptors (Lipinski definition) is 2. The van der Waals surface area contributed by atoms with Crippen molar-refractivity contribution in [3.05, 3.63) is 71.2 Å². The zero-order valence-electron chi connectivity index (χ0n) is 13.4. The van der Waals surface area contributed by atoms with E-state index in [9.17, 15) is 4.39 Å². The molecular weight excluding hydrogens is 289 g/mol. The van der Waals surface area contributed by atoms with Crippen LogP contribution in [0.5, 0.6) is 0 Å². The highest BCUT2D eigenvalue weighted by molar-refractivity contribution is 5.63. The minimum Gasteiger partial charge on any atom is -0.330 e. The van der Waals surface area contributed by atoms with E-state index in [1.54, 1.807) is 12.1 Å². The van der Waals surface area contributed by atoms with E-state index < -0.39 is 0 Å². The van der Waals surface area contributed by atoms with E-state index in [0.717, 1.165) is 22.6 Å². The van der Waals surface area contributed by atoms with Crippen LogP contribution in [0.2, 0.25) is 0 Å². The molecule has 4 heteroatoms. The summed E-state index contributed by atoms with van der Waals surface area (Å²) in [4.78, 5) is 0. The SMILES string of the molecule is Cc1cccc(-n2nc(CCN)cc2-c2ccc(F)cc2)c1C. The van der Waals surface area contributed by atoms with Gasteiger partial charge in [-0.25, -0.2) is 9.07 Å². The van der Waals surface area contributed by atoms with E-state index in [1.165, 1.54) is 23.3 Å². The average Bonchev–Trinajstić information content (AvgIpc) is 2.95. The van der Waals surface area contributed by atoms with Crippen LogP contribution in [0, 0.1) is 19.7 Å². The monoisotopic (exact) mass is 309 g/mol. The van der Waals surface area contributed by atoms with Gasteiger partial charge >= 0.3 is 0 Å². The van der Waals surface area contributed by atoms with Gasteiger partial charge in [0.2, 0.25) is 0 Å². The van der Waals surface area contributed by atoms with Gasteiger partial charge in [-0.15, -0.1) is 0 Å². The highest BCUT2D eigenvalue weighted by Gasteiger charge is 2.13. The van der Waals surface area contributed by atoms with Crippen molar-refractivity contribution in [2.24, 2.45) is 5.73 Å². The van der Waals surface area contributed by atoms with Gasteiger partial charge in [0.25, 0.3) is 0 Å². The third-order valence-electron chi connectivity index (χ3n) is 4.10. The quantitative estimate of drug-likeness (QED) is 0.796. The number of benzene rings is 2. The third-order valence-corrected chi connectivity index (χ3v) is 4.10. The molecule has 0 amide bonds. The van der Waals surface area contributed by atoms with Crippen molar-refractivity contribution < 1.29 is 4.39 Å². The Morgan fingerprint density at radius 2 is 1.83 bits per heavy atom.